The van der Waals surface area contributed by atoms with E-state index in [1.54, 1.807) is 0 Å². The van der Waals surface area contributed by atoms with Crippen LogP contribution in [0.5, 0.6) is 0 Å². The number of fused-ring (bicyclic) bond motifs is 1. The molecule has 0 radical (unpaired) electrons. The summed E-state index contributed by atoms with van der Waals surface area (Å²) >= 11 is 0. The second-order valence-electron chi connectivity index (χ2n) is 7.02. The first-order valence-electron chi connectivity index (χ1n) is 8.26. The van der Waals surface area contributed by atoms with Gasteiger partial charge >= 0.3 is 0 Å². The molecule has 120 valence electrons. The van der Waals surface area contributed by atoms with Crippen molar-refractivity contribution in [1.82, 2.24) is 4.98 Å². The van der Waals surface area contributed by atoms with Crippen molar-refractivity contribution in [3.63, 3.8) is 0 Å². The number of nitrogens with zero attached hydrogens (tertiary/aromatic N) is 3. The molecule has 2 aromatic rings. The number of benzene rings is 1. The molecule has 0 bridgehead atoms. The van der Waals surface area contributed by atoms with E-state index in [-0.39, 0.29) is 5.54 Å². The molecule has 1 unspecified atom stereocenters. The van der Waals surface area contributed by atoms with Crippen LogP contribution in [-0.4, -0.2) is 18.2 Å². The fraction of sp³-hybridized carbons (Fsp3) is 0.400. The lowest BCUT2D eigenvalue weighted by Gasteiger charge is -2.41. The molecule has 0 fully saturated rings. The Bertz CT molecular complexity index is 748. The van der Waals surface area contributed by atoms with E-state index >= 15 is 0 Å². The minimum Gasteiger partial charge on any atom is -0.343 e. The third-order valence-corrected chi connectivity index (χ3v) is 4.77. The second kappa shape index (κ2) is 5.80. The highest BCUT2D eigenvalue weighted by molar-refractivity contribution is 5.88. The van der Waals surface area contributed by atoms with Gasteiger partial charge in [-0.2, -0.15) is 0 Å². The summed E-state index contributed by atoms with van der Waals surface area (Å²) in [5.41, 5.74) is 4.57. The maximum absolute atomic E-state index is 4.84. The Balaban J connectivity index is 2.10. The summed E-state index contributed by atoms with van der Waals surface area (Å²) in [6, 6.07) is 10.6. The molecule has 1 aliphatic heterocycles. The van der Waals surface area contributed by atoms with E-state index in [4.69, 9.17) is 4.99 Å². The van der Waals surface area contributed by atoms with Gasteiger partial charge in [-0.25, -0.2) is 4.98 Å². The second-order valence-corrected chi connectivity index (χ2v) is 7.02. The molecule has 0 saturated carbocycles. The predicted octanol–water partition coefficient (Wildman–Crippen LogP) is 4.66. The highest BCUT2D eigenvalue weighted by atomic mass is 15.3. The van der Waals surface area contributed by atoms with Crippen molar-refractivity contribution >= 4 is 17.7 Å². The maximum Gasteiger partial charge on any atom is 0.155 e. The van der Waals surface area contributed by atoms with Crippen molar-refractivity contribution < 1.29 is 0 Å². The van der Waals surface area contributed by atoms with Crippen molar-refractivity contribution in [2.45, 2.75) is 39.7 Å². The van der Waals surface area contributed by atoms with Crippen LogP contribution in [-0.2, 0) is 12.0 Å². The number of hydrogen-bond acceptors (Lipinski definition) is 3. The Labute approximate surface area is 139 Å². The van der Waals surface area contributed by atoms with E-state index < -0.39 is 0 Å². The third-order valence-electron chi connectivity index (χ3n) is 4.77. The van der Waals surface area contributed by atoms with E-state index in [1.807, 2.05) is 6.20 Å². The molecular formula is C20H25N3. The average molecular weight is 307 g/mol. The molecule has 23 heavy (non-hydrogen) atoms. The summed E-state index contributed by atoms with van der Waals surface area (Å²) in [4.78, 5) is 11.7. The number of aryl methyl sites for hydroxylation is 1. The van der Waals surface area contributed by atoms with Gasteiger partial charge in [0.25, 0.3) is 0 Å². The lowest BCUT2D eigenvalue weighted by atomic mass is 9.86. The van der Waals surface area contributed by atoms with Gasteiger partial charge in [0, 0.05) is 19.5 Å². The summed E-state index contributed by atoms with van der Waals surface area (Å²) in [6.07, 6.45) is 5.01. The van der Waals surface area contributed by atoms with Crippen LogP contribution < -0.4 is 4.90 Å². The zero-order valence-corrected chi connectivity index (χ0v) is 14.7. The van der Waals surface area contributed by atoms with Gasteiger partial charge < -0.3 is 4.90 Å². The van der Waals surface area contributed by atoms with E-state index in [1.165, 1.54) is 16.7 Å². The number of rotatable bonds is 3. The largest absolute Gasteiger partial charge is 0.343 e. The summed E-state index contributed by atoms with van der Waals surface area (Å²) in [5.74, 6) is 1.57. The van der Waals surface area contributed by atoms with Crippen molar-refractivity contribution in [3.05, 3.63) is 53.2 Å². The summed E-state index contributed by atoms with van der Waals surface area (Å²) in [6.45, 7) is 8.83. The van der Waals surface area contributed by atoms with Crippen LogP contribution in [0.4, 0.5) is 11.5 Å². The monoisotopic (exact) mass is 307 g/mol. The quantitative estimate of drug-likeness (QED) is 0.825. The number of aliphatic imine (C=N–C) groups is 1. The molecule has 2 heterocycles. The Morgan fingerprint density at radius 3 is 2.61 bits per heavy atom. The highest BCUT2D eigenvalue weighted by Gasteiger charge is 2.36. The minimum atomic E-state index is -0.276. The molecule has 0 N–H and O–H groups in total. The van der Waals surface area contributed by atoms with Crippen LogP contribution in [0, 0.1) is 12.8 Å². The first-order chi connectivity index (χ1) is 10.9. The molecule has 1 aliphatic rings. The molecule has 0 amide bonds. The molecule has 3 heteroatoms. The van der Waals surface area contributed by atoms with E-state index in [0.717, 1.165) is 17.9 Å². The Morgan fingerprint density at radius 1 is 1.17 bits per heavy atom. The van der Waals surface area contributed by atoms with E-state index in [2.05, 4.69) is 81.2 Å². The third kappa shape index (κ3) is 2.65. The molecule has 3 rings (SSSR count). The zero-order valence-electron chi connectivity index (χ0n) is 14.7. The van der Waals surface area contributed by atoms with Crippen LogP contribution in [0.3, 0.4) is 0 Å². The zero-order chi connectivity index (χ0) is 16.6. The lowest BCUT2D eigenvalue weighted by molar-refractivity contribution is 0.611. The number of pyridine rings is 1. The van der Waals surface area contributed by atoms with Gasteiger partial charge in [-0.1, -0.05) is 38.1 Å². The number of anilines is 1. The fourth-order valence-corrected chi connectivity index (χ4v) is 3.36. The standard InChI is InChI=1S/C20H25N3/c1-14(2)12-16-10-11-21-19-18(16)22-13-20(4,23(19)5)17-9-7-6-8-15(17)3/h6-11,13-14H,12H2,1-5H3. The predicted molar refractivity (Wildman–Crippen MR) is 97.9 cm³/mol. The van der Waals surface area contributed by atoms with Crippen LogP contribution in [0.1, 0.15) is 37.5 Å². The molecule has 1 atom stereocenters. The lowest BCUT2D eigenvalue weighted by Crippen LogP contribution is -2.45. The van der Waals surface area contributed by atoms with Gasteiger partial charge in [0.05, 0.1) is 5.54 Å². The van der Waals surface area contributed by atoms with E-state index in [0.29, 0.717) is 5.92 Å². The molecular weight excluding hydrogens is 282 g/mol. The first kappa shape index (κ1) is 15.7. The van der Waals surface area contributed by atoms with Crippen LogP contribution in [0.2, 0.25) is 0 Å². The minimum absolute atomic E-state index is 0.276. The molecule has 0 spiro atoms. The SMILES string of the molecule is Cc1ccccc1C1(C)C=Nc2c(CC(C)C)ccnc2N1C. The van der Waals surface area contributed by atoms with Gasteiger partial charge in [0.1, 0.15) is 5.69 Å². The van der Waals surface area contributed by atoms with Gasteiger partial charge in [-0.3, -0.25) is 4.99 Å². The summed E-state index contributed by atoms with van der Waals surface area (Å²) in [7, 11) is 2.11. The smallest absolute Gasteiger partial charge is 0.155 e. The molecule has 3 nitrogen and oxygen atoms in total. The topological polar surface area (TPSA) is 28.5 Å². The van der Waals surface area contributed by atoms with E-state index in [9.17, 15) is 0 Å². The number of aromatic nitrogens is 1. The van der Waals surface area contributed by atoms with Gasteiger partial charge in [-0.05, 0) is 48.9 Å². The van der Waals surface area contributed by atoms with Crippen molar-refractivity contribution in [1.29, 1.82) is 0 Å². The maximum atomic E-state index is 4.84. The Hall–Kier alpha value is -2.16. The van der Waals surface area contributed by atoms with Gasteiger partial charge in [-0.15, -0.1) is 0 Å². The van der Waals surface area contributed by atoms with Gasteiger partial charge in [0.15, 0.2) is 5.82 Å². The highest BCUT2D eigenvalue weighted by Crippen LogP contribution is 2.41. The van der Waals surface area contributed by atoms with Crippen molar-refractivity contribution in [2.75, 3.05) is 11.9 Å². The molecule has 1 aromatic heterocycles. The average Bonchev–Trinajstić information content (AvgIpc) is 2.51. The van der Waals surface area contributed by atoms with Gasteiger partial charge in [0.2, 0.25) is 0 Å². The van der Waals surface area contributed by atoms with Crippen molar-refractivity contribution in [3.8, 4) is 0 Å². The van der Waals surface area contributed by atoms with Crippen molar-refractivity contribution in [2.24, 2.45) is 10.9 Å². The fourth-order valence-electron chi connectivity index (χ4n) is 3.36. The summed E-state index contributed by atoms with van der Waals surface area (Å²) in [5, 5.41) is 0. The summed E-state index contributed by atoms with van der Waals surface area (Å²) < 4.78 is 0. The normalized spacial score (nSPS) is 20.0. The first-order valence-corrected chi connectivity index (χ1v) is 8.26. The molecule has 1 aromatic carbocycles. The van der Waals surface area contributed by atoms with Crippen LogP contribution in [0.25, 0.3) is 0 Å². The molecule has 0 aliphatic carbocycles. The Kier molecular flexibility index (Phi) is 3.97. The molecule has 0 saturated heterocycles. The van der Waals surface area contributed by atoms with Crippen LogP contribution in [0.15, 0.2) is 41.5 Å². The Morgan fingerprint density at radius 2 is 1.91 bits per heavy atom. The van der Waals surface area contributed by atoms with Crippen LogP contribution >= 0.6 is 0 Å². The number of hydrogen-bond donors (Lipinski definition) is 0.